The van der Waals surface area contributed by atoms with Crippen LogP contribution >= 0.6 is 0 Å². The van der Waals surface area contributed by atoms with Crippen molar-refractivity contribution >= 4 is 33.7 Å². The number of rotatable bonds is 3. The van der Waals surface area contributed by atoms with Crippen molar-refractivity contribution in [1.29, 1.82) is 0 Å². The lowest BCUT2D eigenvalue weighted by molar-refractivity contribution is -0.176. The molecule has 0 saturated heterocycles. The molecule has 1 aliphatic heterocycles. The van der Waals surface area contributed by atoms with Crippen LogP contribution in [-0.2, 0) is 28.9 Å². The SMILES string of the molecule is CN1N=C(c2cc(F)c(S(C)(=O)=O)c(F)c2)C(C)(N(OC(=O)OC(C)(C)C)C(=O)OC(C)(C)C)C1=O. The number of hydrazone groups is 1. The molecule has 36 heavy (non-hydrogen) atoms. The molecule has 0 fully saturated rings. The van der Waals surface area contributed by atoms with Gasteiger partial charge in [-0.25, -0.2) is 31.8 Å². The number of hydrogen-bond donors (Lipinski definition) is 0. The lowest BCUT2D eigenvalue weighted by Gasteiger charge is -2.36. The zero-order valence-corrected chi connectivity index (χ0v) is 22.2. The van der Waals surface area contributed by atoms with Gasteiger partial charge in [0, 0.05) is 18.9 Å². The van der Waals surface area contributed by atoms with Crippen LogP contribution < -0.4 is 0 Å². The van der Waals surface area contributed by atoms with E-state index in [1.807, 2.05) is 0 Å². The minimum Gasteiger partial charge on any atom is -0.442 e. The van der Waals surface area contributed by atoms with Gasteiger partial charge in [-0.05, 0) is 60.6 Å². The van der Waals surface area contributed by atoms with Crippen molar-refractivity contribution < 1.29 is 45.9 Å². The molecule has 0 radical (unpaired) electrons. The van der Waals surface area contributed by atoms with E-state index in [4.69, 9.17) is 14.3 Å². The van der Waals surface area contributed by atoms with Crippen LogP contribution in [0.5, 0.6) is 0 Å². The van der Waals surface area contributed by atoms with Crippen LogP contribution in [0, 0.1) is 11.6 Å². The average Bonchev–Trinajstić information content (AvgIpc) is 2.86. The molecule has 0 aliphatic carbocycles. The van der Waals surface area contributed by atoms with Gasteiger partial charge in [0.15, 0.2) is 9.84 Å². The molecule has 0 aromatic heterocycles. The molecule has 1 aromatic carbocycles. The molecule has 1 aliphatic rings. The molecule has 14 heteroatoms. The Morgan fingerprint density at radius 1 is 1.03 bits per heavy atom. The van der Waals surface area contributed by atoms with Gasteiger partial charge in [0.05, 0.1) is 0 Å². The summed E-state index contributed by atoms with van der Waals surface area (Å²) in [5, 5.41) is 5.03. The summed E-state index contributed by atoms with van der Waals surface area (Å²) in [6.45, 7) is 10.3. The molecule has 1 aromatic rings. The van der Waals surface area contributed by atoms with E-state index in [1.54, 1.807) is 0 Å². The van der Waals surface area contributed by atoms with Crippen molar-refractivity contribution in [1.82, 2.24) is 10.1 Å². The Kier molecular flexibility index (Phi) is 7.48. The zero-order chi connectivity index (χ0) is 28.0. The van der Waals surface area contributed by atoms with Crippen molar-refractivity contribution in [3.05, 3.63) is 29.3 Å². The fraction of sp³-hybridized carbons (Fsp3) is 0.545. The van der Waals surface area contributed by atoms with Crippen LogP contribution in [0.4, 0.5) is 18.4 Å². The fourth-order valence-electron chi connectivity index (χ4n) is 3.24. The molecule has 0 saturated carbocycles. The molecule has 2 rings (SSSR count). The highest BCUT2D eigenvalue weighted by molar-refractivity contribution is 7.90. The first-order valence-electron chi connectivity index (χ1n) is 10.6. The van der Waals surface area contributed by atoms with Crippen molar-refractivity contribution in [2.75, 3.05) is 13.3 Å². The lowest BCUT2D eigenvalue weighted by atomic mass is 9.89. The second-order valence-electron chi connectivity index (χ2n) is 10.2. The first kappa shape index (κ1) is 28.9. The number of carbonyl (C=O) groups excluding carboxylic acids is 3. The summed E-state index contributed by atoms with van der Waals surface area (Å²) in [7, 11) is -3.08. The molecule has 0 spiro atoms. The van der Waals surface area contributed by atoms with Gasteiger partial charge in [-0.15, -0.1) is 5.06 Å². The number of sulfone groups is 1. The van der Waals surface area contributed by atoms with Crippen LogP contribution in [-0.4, -0.2) is 72.4 Å². The molecule has 0 N–H and O–H groups in total. The van der Waals surface area contributed by atoms with Crippen molar-refractivity contribution in [3.8, 4) is 0 Å². The van der Waals surface area contributed by atoms with E-state index in [-0.39, 0.29) is 10.6 Å². The number of carbonyl (C=O) groups is 3. The van der Waals surface area contributed by atoms with Gasteiger partial charge in [-0.3, -0.25) is 9.63 Å². The van der Waals surface area contributed by atoms with Crippen molar-refractivity contribution in [3.63, 3.8) is 0 Å². The van der Waals surface area contributed by atoms with Crippen LogP contribution in [0.25, 0.3) is 0 Å². The Morgan fingerprint density at radius 3 is 1.92 bits per heavy atom. The number of ether oxygens (including phenoxy) is 2. The normalized spacial score (nSPS) is 18.6. The molecular formula is C22H29F2N3O8S. The topological polar surface area (TPSA) is 132 Å². The Hall–Kier alpha value is -3.29. The molecule has 0 bridgehead atoms. The second kappa shape index (κ2) is 9.30. The van der Waals surface area contributed by atoms with E-state index in [0.717, 1.165) is 11.9 Å². The largest absolute Gasteiger partial charge is 0.534 e. The Labute approximate surface area is 207 Å². The first-order chi connectivity index (χ1) is 16.1. The van der Waals surface area contributed by atoms with Gasteiger partial charge >= 0.3 is 12.2 Å². The maximum absolute atomic E-state index is 14.7. The van der Waals surface area contributed by atoms with Crippen LogP contribution in [0.1, 0.15) is 54.0 Å². The molecule has 1 heterocycles. The monoisotopic (exact) mass is 533 g/mol. The number of benzene rings is 1. The van der Waals surface area contributed by atoms with Gasteiger partial charge in [0.25, 0.3) is 5.91 Å². The van der Waals surface area contributed by atoms with Crippen LogP contribution in [0.15, 0.2) is 22.1 Å². The number of amides is 2. The van der Waals surface area contributed by atoms with Crippen molar-refractivity contribution in [2.24, 2.45) is 5.10 Å². The highest BCUT2D eigenvalue weighted by Crippen LogP contribution is 2.34. The summed E-state index contributed by atoms with van der Waals surface area (Å²) < 4.78 is 63.4. The summed E-state index contributed by atoms with van der Waals surface area (Å²) in [5.74, 6) is -3.83. The van der Waals surface area contributed by atoms with E-state index < -0.39 is 67.0 Å². The quantitative estimate of drug-likeness (QED) is 0.427. The second-order valence-corrected chi connectivity index (χ2v) is 12.2. The molecule has 2 amide bonds. The summed E-state index contributed by atoms with van der Waals surface area (Å²) >= 11 is 0. The third-order valence-electron chi connectivity index (χ3n) is 4.58. The zero-order valence-electron chi connectivity index (χ0n) is 21.4. The third kappa shape index (κ3) is 6.09. The highest BCUT2D eigenvalue weighted by Gasteiger charge is 2.57. The predicted molar refractivity (Wildman–Crippen MR) is 123 cm³/mol. The third-order valence-corrected chi connectivity index (χ3v) is 5.72. The average molecular weight is 534 g/mol. The van der Waals surface area contributed by atoms with E-state index >= 15 is 0 Å². The van der Waals surface area contributed by atoms with Crippen LogP contribution in [0.3, 0.4) is 0 Å². The number of nitrogens with zero attached hydrogens (tertiary/aromatic N) is 3. The number of hydrogen-bond acceptors (Lipinski definition) is 9. The van der Waals surface area contributed by atoms with E-state index in [1.165, 1.54) is 48.6 Å². The van der Waals surface area contributed by atoms with Gasteiger partial charge in [0.1, 0.15) is 33.4 Å². The first-order valence-corrected chi connectivity index (χ1v) is 12.5. The van der Waals surface area contributed by atoms with Crippen molar-refractivity contribution in [2.45, 2.75) is 70.1 Å². The molecule has 1 atom stereocenters. The number of hydroxylamine groups is 2. The Morgan fingerprint density at radius 2 is 1.50 bits per heavy atom. The summed E-state index contributed by atoms with van der Waals surface area (Å²) in [6, 6.07) is 1.29. The smallest absolute Gasteiger partial charge is 0.442 e. The van der Waals surface area contributed by atoms with E-state index in [2.05, 4.69) is 5.10 Å². The minimum atomic E-state index is -4.28. The predicted octanol–water partition coefficient (Wildman–Crippen LogP) is 3.41. The van der Waals surface area contributed by atoms with Crippen LogP contribution in [0.2, 0.25) is 0 Å². The highest BCUT2D eigenvalue weighted by atomic mass is 32.2. The molecular weight excluding hydrogens is 504 g/mol. The minimum absolute atomic E-state index is 0.275. The lowest BCUT2D eigenvalue weighted by Crippen LogP contribution is -2.61. The van der Waals surface area contributed by atoms with Gasteiger partial charge in [0.2, 0.25) is 5.54 Å². The maximum Gasteiger partial charge on any atom is 0.534 e. The molecule has 1 unspecified atom stereocenters. The Balaban J connectivity index is 2.71. The Bertz CT molecular complexity index is 1210. The van der Waals surface area contributed by atoms with E-state index in [9.17, 15) is 31.6 Å². The molecule has 11 nitrogen and oxygen atoms in total. The number of likely N-dealkylation sites (N-methyl/N-ethyl adjacent to an activating group) is 1. The standard InChI is InChI=1S/C22H29F2N3O8S/c1-20(2,3)33-18(29)27(35-19(30)34-21(4,5)6)22(7)16(25-26(8)17(22)28)12-10-13(23)15(14(24)11-12)36(9,31)32/h10-11H,1-9H3. The summed E-state index contributed by atoms with van der Waals surface area (Å²) in [6.07, 6.45) is -2.05. The van der Waals surface area contributed by atoms with E-state index in [0.29, 0.717) is 18.4 Å². The van der Waals surface area contributed by atoms with Gasteiger partial charge in [-0.1, -0.05) is 0 Å². The maximum atomic E-state index is 14.7. The van der Waals surface area contributed by atoms with Gasteiger partial charge in [-0.2, -0.15) is 5.10 Å². The summed E-state index contributed by atoms with van der Waals surface area (Å²) in [5.41, 5.74) is -5.26. The number of halogens is 2. The fourth-order valence-corrected chi connectivity index (χ4v) is 4.07. The molecule has 200 valence electrons. The van der Waals surface area contributed by atoms with Gasteiger partial charge < -0.3 is 9.47 Å². The summed E-state index contributed by atoms with van der Waals surface area (Å²) in [4.78, 5) is 42.8.